The molecule has 0 aromatic rings. The molecule has 4 unspecified atom stereocenters. The van der Waals surface area contributed by atoms with Crippen molar-refractivity contribution in [2.24, 2.45) is 16.3 Å². The number of nitrogens with zero attached hydrogens (tertiary/aromatic N) is 2. The van der Waals surface area contributed by atoms with Crippen LogP contribution in [0.15, 0.2) is 4.99 Å². The molecule has 1 amide bonds. The van der Waals surface area contributed by atoms with Crippen molar-refractivity contribution in [3.63, 3.8) is 0 Å². The number of carbonyl (C=O) groups is 1. The first-order chi connectivity index (χ1) is 12.7. The van der Waals surface area contributed by atoms with Crippen molar-refractivity contribution in [1.29, 1.82) is 0 Å². The summed E-state index contributed by atoms with van der Waals surface area (Å²) in [6, 6.07) is 0.750. The van der Waals surface area contributed by atoms with E-state index in [9.17, 15) is 4.79 Å². The van der Waals surface area contributed by atoms with Crippen molar-refractivity contribution >= 4 is 11.9 Å². The number of hydrogen-bond donors (Lipinski definition) is 2. The van der Waals surface area contributed by atoms with Crippen LogP contribution in [0.5, 0.6) is 0 Å². The monoisotopic (exact) mass is 380 g/mol. The molecule has 6 heteroatoms. The Morgan fingerprint density at radius 3 is 2.48 bits per heavy atom. The third kappa shape index (κ3) is 6.98. The van der Waals surface area contributed by atoms with E-state index in [2.05, 4.69) is 43.3 Å². The number of carbonyl (C=O) groups excluding carboxylic acids is 1. The van der Waals surface area contributed by atoms with E-state index in [1.165, 1.54) is 25.7 Å². The Morgan fingerprint density at radius 2 is 1.85 bits per heavy atom. The van der Waals surface area contributed by atoms with Crippen molar-refractivity contribution < 1.29 is 9.53 Å². The van der Waals surface area contributed by atoms with E-state index < -0.39 is 0 Å². The number of rotatable bonds is 4. The van der Waals surface area contributed by atoms with Gasteiger partial charge in [0.05, 0.1) is 6.10 Å². The van der Waals surface area contributed by atoms with E-state index in [0.717, 1.165) is 25.4 Å². The minimum atomic E-state index is 0.0207. The molecular weight excluding hydrogens is 340 g/mol. The van der Waals surface area contributed by atoms with Gasteiger partial charge >= 0.3 is 0 Å². The number of aliphatic imine (C=N–C) groups is 1. The lowest BCUT2D eigenvalue weighted by Crippen LogP contribution is -2.53. The lowest BCUT2D eigenvalue weighted by atomic mass is 9.83. The van der Waals surface area contributed by atoms with Gasteiger partial charge in [-0.3, -0.25) is 4.79 Å². The zero-order valence-electron chi connectivity index (χ0n) is 18.2. The highest BCUT2D eigenvalue weighted by Crippen LogP contribution is 2.29. The Kier molecular flexibility index (Phi) is 7.95. The number of ether oxygens (including phenoxy) is 1. The lowest BCUT2D eigenvalue weighted by molar-refractivity contribution is -0.127. The molecule has 1 aliphatic carbocycles. The van der Waals surface area contributed by atoms with E-state index in [4.69, 9.17) is 4.74 Å². The van der Waals surface area contributed by atoms with Crippen molar-refractivity contribution in [2.75, 3.05) is 27.2 Å². The quantitative estimate of drug-likeness (QED) is 0.581. The molecule has 1 aliphatic heterocycles. The summed E-state index contributed by atoms with van der Waals surface area (Å²) in [5, 5.41) is 7.24. The maximum Gasteiger partial charge on any atom is 0.243 e. The summed E-state index contributed by atoms with van der Waals surface area (Å²) in [7, 11) is 3.54. The minimum absolute atomic E-state index is 0.0207. The van der Waals surface area contributed by atoms with E-state index in [-0.39, 0.29) is 24.0 Å². The van der Waals surface area contributed by atoms with E-state index in [1.807, 2.05) is 0 Å². The molecular formula is C21H40N4O2. The Labute approximate surface area is 165 Å². The predicted octanol–water partition coefficient (Wildman–Crippen LogP) is 2.78. The summed E-state index contributed by atoms with van der Waals surface area (Å²) in [6.45, 7) is 9.94. The van der Waals surface area contributed by atoms with Crippen LogP contribution in [0.2, 0.25) is 0 Å². The average molecular weight is 381 g/mol. The zero-order valence-corrected chi connectivity index (χ0v) is 18.2. The van der Waals surface area contributed by atoms with Crippen LogP contribution in [-0.2, 0) is 9.53 Å². The average Bonchev–Trinajstić information content (AvgIpc) is 2.60. The second-order valence-electron chi connectivity index (χ2n) is 9.56. The summed E-state index contributed by atoms with van der Waals surface area (Å²) in [4.78, 5) is 18.2. The number of amides is 1. The maximum absolute atomic E-state index is 12.0. The summed E-state index contributed by atoms with van der Waals surface area (Å²) >= 11 is 0. The van der Waals surface area contributed by atoms with Gasteiger partial charge < -0.3 is 20.3 Å². The smallest absolute Gasteiger partial charge is 0.243 e. The summed E-state index contributed by atoms with van der Waals surface area (Å²) < 4.78 is 5.99. The maximum atomic E-state index is 12.0. The largest absolute Gasteiger partial charge is 0.378 e. The third-order valence-electron chi connectivity index (χ3n) is 5.90. The molecule has 2 rings (SSSR count). The fourth-order valence-electron chi connectivity index (χ4n) is 3.85. The van der Waals surface area contributed by atoms with Gasteiger partial charge in [-0.25, -0.2) is 4.99 Å². The SMILES string of the molecule is CC1CCCCC1NC(=NCC(=O)N(C)C)NC1CCOC(C(C)(C)C)C1. The fourth-order valence-corrected chi connectivity index (χ4v) is 3.85. The van der Waals surface area contributed by atoms with Gasteiger partial charge in [0.15, 0.2) is 5.96 Å². The molecule has 1 saturated carbocycles. The normalized spacial score (nSPS) is 29.9. The van der Waals surface area contributed by atoms with Gasteiger partial charge in [-0.2, -0.15) is 0 Å². The topological polar surface area (TPSA) is 66.0 Å². The molecule has 0 aromatic heterocycles. The predicted molar refractivity (Wildman–Crippen MR) is 111 cm³/mol. The van der Waals surface area contributed by atoms with Crippen molar-refractivity contribution in [1.82, 2.24) is 15.5 Å². The molecule has 1 saturated heterocycles. The van der Waals surface area contributed by atoms with Gasteiger partial charge in [0.1, 0.15) is 6.54 Å². The third-order valence-corrected chi connectivity index (χ3v) is 5.90. The van der Waals surface area contributed by atoms with Crippen LogP contribution >= 0.6 is 0 Å². The highest BCUT2D eigenvalue weighted by atomic mass is 16.5. The highest BCUT2D eigenvalue weighted by molar-refractivity contribution is 5.85. The molecule has 2 fully saturated rings. The van der Waals surface area contributed by atoms with Gasteiger partial charge in [-0.1, -0.05) is 40.5 Å². The Bertz CT molecular complexity index is 513. The van der Waals surface area contributed by atoms with Crippen LogP contribution < -0.4 is 10.6 Å². The molecule has 2 N–H and O–H groups in total. The molecule has 1 heterocycles. The van der Waals surface area contributed by atoms with Crippen molar-refractivity contribution in [3.05, 3.63) is 0 Å². The van der Waals surface area contributed by atoms with Crippen molar-refractivity contribution in [3.8, 4) is 0 Å². The standard InChI is InChI=1S/C21H40N4O2/c1-15-9-7-8-10-17(15)24-20(22-14-19(26)25(5)6)23-16-11-12-27-18(13-16)21(2,3)4/h15-18H,7-14H2,1-6H3,(H2,22,23,24). The van der Waals surface area contributed by atoms with Gasteiger partial charge in [-0.15, -0.1) is 0 Å². The molecule has 0 aromatic carbocycles. The van der Waals surface area contributed by atoms with Crippen LogP contribution in [0, 0.1) is 11.3 Å². The first-order valence-electron chi connectivity index (χ1n) is 10.6. The molecule has 0 bridgehead atoms. The lowest BCUT2D eigenvalue weighted by Gasteiger charge is -2.39. The molecule has 0 radical (unpaired) electrons. The second-order valence-corrected chi connectivity index (χ2v) is 9.56. The highest BCUT2D eigenvalue weighted by Gasteiger charge is 2.32. The first-order valence-corrected chi connectivity index (χ1v) is 10.6. The van der Waals surface area contributed by atoms with E-state index in [1.54, 1.807) is 19.0 Å². The molecule has 4 atom stereocenters. The molecule has 2 aliphatic rings. The van der Waals surface area contributed by atoms with Crippen LogP contribution in [0.1, 0.15) is 66.2 Å². The molecule has 27 heavy (non-hydrogen) atoms. The Morgan fingerprint density at radius 1 is 1.15 bits per heavy atom. The first kappa shape index (κ1) is 22.0. The van der Waals surface area contributed by atoms with E-state index >= 15 is 0 Å². The summed E-state index contributed by atoms with van der Waals surface area (Å²) in [6.07, 6.45) is 7.16. The van der Waals surface area contributed by atoms with Gasteiger partial charge in [-0.05, 0) is 37.0 Å². The van der Waals surface area contributed by atoms with Gasteiger partial charge in [0.2, 0.25) is 5.91 Å². The van der Waals surface area contributed by atoms with Crippen molar-refractivity contribution in [2.45, 2.75) is 84.4 Å². The van der Waals surface area contributed by atoms with Gasteiger partial charge in [0.25, 0.3) is 0 Å². The second kappa shape index (κ2) is 9.76. The van der Waals surface area contributed by atoms with Crippen LogP contribution in [0.25, 0.3) is 0 Å². The number of nitrogens with one attached hydrogen (secondary N) is 2. The summed E-state index contributed by atoms with van der Waals surface area (Å²) in [5.41, 5.74) is 0.129. The molecule has 6 nitrogen and oxygen atoms in total. The van der Waals surface area contributed by atoms with Crippen LogP contribution in [0.3, 0.4) is 0 Å². The summed E-state index contributed by atoms with van der Waals surface area (Å²) in [5.74, 6) is 1.43. The van der Waals surface area contributed by atoms with Gasteiger partial charge in [0, 0.05) is 32.8 Å². The molecule has 156 valence electrons. The fraction of sp³-hybridized carbons (Fsp3) is 0.905. The zero-order chi connectivity index (χ0) is 20.0. The van der Waals surface area contributed by atoms with E-state index in [0.29, 0.717) is 18.0 Å². The Balaban J connectivity index is 2.04. The van der Waals surface area contributed by atoms with Crippen LogP contribution in [0.4, 0.5) is 0 Å². The minimum Gasteiger partial charge on any atom is -0.378 e. The number of likely N-dealkylation sites (N-methyl/N-ethyl adjacent to an activating group) is 1. The number of guanidine groups is 1. The molecule has 0 spiro atoms. The van der Waals surface area contributed by atoms with Crippen LogP contribution in [-0.4, -0.2) is 62.2 Å². The number of hydrogen-bond acceptors (Lipinski definition) is 3. The Hall–Kier alpha value is -1.30.